The maximum Gasteiger partial charge on any atom is 0.411 e. The molecule has 0 aliphatic heterocycles. The lowest BCUT2D eigenvalue weighted by atomic mass is 10.3. The molecule has 0 radical (unpaired) electrons. The quantitative estimate of drug-likeness (QED) is 0.474. The van der Waals surface area contributed by atoms with Crippen molar-refractivity contribution in [3.8, 4) is 11.5 Å². The van der Waals surface area contributed by atoms with Gasteiger partial charge in [-0.05, 0) is 50.2 Å². The number of anilines is 1. The van der Waals surface area contributed by atoms with Crippen LogP contribution in [0.1, 0.15) is 13.8 Å². The Morgan fingerprint density at radius 3 is 2.39 bits per heavy atom. The monoisotopic (exact) mass is 409 g/mol. The molecule has 0 atom stereocenters. The molecule has 1 amide bonds. The largest absolute Gasteiger partial charge is 0.491 e. The van der Waals surface area contributed by atoms with Gasteiger partial charge in [-0.15, -0.1) is 0 Å². The predicted molar refractivity (Wildman–Crippen MR) is 103 cm³/mol. The molecule has 0 spiro atoms. The van der Waals surface area contributed by atoms with Crippen molar-refractivity contribution in [3.05, 3.63) is 48.5 Å². The van der Waals surface area contributed by atoms with Gasteiger partial charge in [-0.1, -0.05) is 6.07 Å². The van der Waals surface area contributed by atoms with E-state index in [1.165, 1.54) is 24.3 Å². The molecule has 0 fully saturated rings. The second-order valence-corrected chi connectivity index (χ2v) is 6.97. The lowest BCUT2D eigenvalue weighted by Crippen LogP contribution is -2.14. The normalized spacial score (nSPS) is 10.9. The summed E-state index contributed by atoms with van der Waals surface area (Å²) in [4.78, 5) is 11.4. The summed E-state index contributed by atoms with van der Waals surface area (Å²) in [5.41, 5.74) is 0.351. The van der Waals surface area contributed by atoms with Crippen molar-refractivity contribution in [1.29, 1.82) is 0 Å². The third-order valence-corrected chi connectivity index (χ3v) is 4.64. The van der Waals surface area contributed by atoms with Crippen LogP contribution in [0, 0.1) is 0 Å². The molecule has 0 saturated heterocycles. The van der Waals surface area contributed by atoms with Gasteiger partial charge in [0.05, 0.1) is 13.2 Å². The number of rotatable bonds is 10. The minimum atomic E-state index is -4.04. The SMILES string of the molecule is CCOCCOc1ccc(S(=O)(=O)Oc2cccc(NC(=O)OCC)c2)cc1. The van der Waals surface area contributed by atoms with Gasteiger partial charge in [0.2, 0.25) is 0 Å². The molecule has 8 nitrogen and oxygen atoms in total. The third kappa shape index (κ3) is 6.75. The Balaban J connectivity index is 2.02. The fourth-order valence-electron chi connectivity index (χ4n) is 2.15. The van der Waals surface area contributed by atoms with E-state index in [-0.39, 0.29) is 17.3 Å². The van der Waals surface area contributed by atoms with Crippen molar-refractivity contribution in [2.24, 2.45) is 0 Å². The summed E-state index contributed by atoms with van der Waals surface area (Å²) in [6.07, 6.45) is -0.637. The van der Waals surface area contributed by atoms with Crippen LogP contribution in [0.4, 0.5) is 10.5 Å². The Kier molecular flexibility index (Phi) is 8.09. The molecule has 2 aromatic rings. The van der Waals surface area contributed by atoms with Crippen molar-refractivity contribution >= 4 is 21.9 Å². The number of nitrogens with one attached hydrogen (secondary N) is 1. The van der Waals surface area contributed by atoms with Gasteiger partial charge < -0.3 is 18.4 Å². The first-order chi connectivity index (χ1) is 13.4. The number of carbonyl (C=O) groups is 1. The van der Waals surface area contributed by atoms with E-state index in [0.29, 0.717) is 31.3 Å². The van der Waals surface area contributed by atoms with E-state index >= 15 is 0 Å². The molecule has 152 valence electrons. The van der Waals surface area contributed by atoms with Gasteiger partial charge >= 0.3 is 16.2 Å². The minimum Gasteiger partial charge on any atom is -0.491 e. The maximum atomic E-state index is 12.5. The van der Waals surface area contributed by atoms with Gasteiger partial charge in [0.1, 0.15) is 23.0 Å². The van der Waals surface area contributed by atoms with Crippen molar-refractivity contribution < 1.29 is 31.6 Å². The van der Waals surface area contributed by atoms with E-state index in [0.717, 1.165) is 0 Å². The van der Waals surface area contributed by atoms with Gasteiger partial charge in [0.15, 0.2) is 0 Å². The molecule has 2 rings (SSSR count). The zero-order chi connectivity index (χ0) is 20.4. The zero-order valence-electron chi connectivity index (χ0n) is 15.7. The van der Waals surface area contributed by atoms with Crippen LogP contribution < -0.4 is 14.2 Å². The topological polar surface area (TPSA) is 100 Å². The molecule has 0 bridgehead atoms. The number of carbonyl (C=O) groups excluding carboxylic acids is 1. The summed E-state index contributed by atoms with van der Waals surface area (Å²) < 4.78 is 45.5. The number of ether oxygens (including phenoxy) is 3. The second-order valence-electron chi connectivity index (χ2n) is 5.43. The highest BCUT2D eigenvalue weighted by molar-refractivity contribution is 7.87. The van der Waals surface area contributed by atoms with Gasteiger partial charge in [-0.3, -0.25) is 5.32 Å². The average Bonchev–Trinajstić information content (AvgIpc) is 2.66. The molecule has 28 heavy (non-hydrogen) atoms. The second kappa shape index (κ2) is 10.5. The summed E-state index contributed by atoms with van der Waals surface area (Å²) in [5, 5.41) is 2.48. The summed E-state index contributed by atoms with van der Waals surface area (Å²) in [5.74, 6) is 0.589. The zero-order valence-corrected chi connectivity index (χ0v) is 16.5. The highest BCUT2D eigenvalue weighted by Gasteiger charge is 2.17. The van der Waals surface area contributed by atoms with Crippen molar-refractivity contribution in [2.45, 2.75) is 18.7 Å². The number of amides is 1. The Bertz CT molecular complexity index is 866. The van der Waals surface area contributed by atoms with Gasteiger partial charge in [-0.25, -0.2) is 4.79 Å². The van der Waals surface area contributed by atoms with Crippen LogP contribution in [0.5, 0.6) is 11.5 Å². The van der Waals surface area contributed by atoms with Gasteiger partial charge in [0, 0.05) is 18.4 Å². The van der Waals surface area contributed by atoms with Crippen molar-refractivity contribution in [1.82, 2.24) is 0 Å². The Labute approximate surface area is 164 Å². The minimum absolute atomic E-state index is 0.0200. The lowest BCUT2D eigenvalue weighted by Gasteiger charge is -2.10. The fraction of sp³-hybridized carbons (Fsp3) is 0.316. The Morgan fingerprint density at radius 1 is 0.964 bits per heavy atom. The molecule has 0 saturated carbocycles. The van der Waals surface area contributed by atoms with Crippen molar-refractivity contribution in [3.63, 3.8) is 0 Å². The Hall–Kier alpha value is -2.78. The molecule has 0 aromatic heterocycles. The van der Waals surface area contributed by atoms with Crippen LogP contribution in [-0.4, -0.2) is 40.9 Å². The maximum absolute atomic E-state index is 12.5. The first-order valence-electron chi connectivity index (χ1n) is 8.73. The van der Waals surface area contributed by atoms with Gasteiger partial charge in [0.25, 0.3) is 0 Å². The highest BCUT2D eigenvalue weighted by atomic mass is 32.2. The predicted octanol–water partition coefficient (Wildman–Crippen LogP) is 3.44. The van der Waals surface area contributed by atoms with E-state index in [9.17, 15) is 13.2 Å². The highest BCUT2D eigenvalue weighted by Crippen LogP contribution is 2.23. The standard InChI is InChI=1S/C19H23NO7S/c1-3-24-12-13-26-16-8-10-18(11-9-16)28(22,23)27-17-7-5-6-15(14-17)20-19(21)25-4-2/h5-11,14H,3-4,12-13H2,1-2H3,(H,20,21). The number of hydrogen-bond donors (Lipinski definition) is 1. The average molecular weight is 409 g/mol. The first-order valence-corrected chi connectivity index (χ1v) is 10.1. The molecule has 0 aliphatic rings. The fourth-order valence-corrected chi connectivity index (χ4v) is 3.07. The van der Waals surface area contributed by atoms with Gasteiger partial charge in [-0.2, -0.15) is 8.42 Å². The van der Waals surface area contributed by atoms with E-state index < -0.39 is 16.2 Å². The van der Waals surface area contributed by atoms with Crippen LogP contribution in [0.25, 0.3) is 0 Å². The summed E-state index contributed by atoms with van der Waals surface area (Å²) >= 11 is 0. The number of benzene rings is 2. The smallest absolute Gasteiger partial charge is 0.411 e. The van der Waals surface area contributed by atoms with Crippen LogP contribution in [0.3, 0.4) is 0 Å². The van der Waals surface area contributed by atoms with Crippen LogP contribution in [0.15, 0.2) is 53.4 Å². The van der Waals surface area contributed by atoms with E-state index in [4.69, 9.17) is 18.4 Å². The van der Waals surface area contributed by atoms with E-state index in [1.54, 1.807) is 31.2 Å². The molecular weight excluding hydrogens is 386 g/mol. The lowest BCUT2D eigenvalue weighted by molar-refractivity contribution is 0.110. The third-order valence-electron chi connectivity index (χ3n) is 3.37. The van der Waals surface area contributed by atoms with Crippen molar-refractivity contribution in [2.75, 3.05) is 31.7 Å². The van der Waals surface area contributed by atoms with Crippen LogP contribution in [-0.2, 0) is 19.6 Å². The molecule has 0 aliphatic carbocycles. The first kappa shape index (κ1) is 21.5. The molecule has 0 heterocycles. The van der Waals surface area contributed by atoms with E-state index in [2.05, 4.69) is 5.32 Å². The van der Waals surface area contributed by atoms with Crippen LogP contribution in [0.2, 0.25) is 0 Å². The molecule has 1 N–H and O–H groups in total. The van der Waals surface area contributed by atoms with E-state index in [1.807, 2.05) is 6.92 Å². The molecule has 9 heteroatoms. The van der Waals surface area contributed by atoms with Crippen LogP contribution >= 0.6 is 0 Å². The summed E-state index contributed by atoms with van der Waals surface area (Å²) in [6.45, 7) is 5.23. The summed E-state index contributed by atoms with van der Waals surface area (Å²) in [7, 11) is -4.04. The Morgan fingerprint density at radius 2 is 1.71 bits per heavy atom. The number of hydrogen-bond acceptors (Lipinski definition) is 7. The summed E-state index contributed by atoms with van der Waals surface area (Å²) in [6, 6.07) is 11.9. The molecule has 2 aromatic carbocycles. The molecular formula is C19H23NO7S. The molecule has 0 unspecified atom stereocenters.